The van der Waals surface area contributed by atoms with Crippen LogP contribution in [0.2, 0.25) is 0 Å². The van der Waals surface area contributed by atoms with Crippen molar-refractivity contribution in [1.82, 2.24) is 30.0 Å². The van der Waals surface area contributed by atoms with E-state index in [1.807, 2.05) is 23.2 Å². The number of hydrogen-bond acceptors (Lipinski definition) is 7. The highest BCUT2D eigenvalue weighted by Crippen LogP contribution is 2.39. The summed E-state index contributed by atoms with van der Waals surface area (Å²) in [5.41, 5.74) is 2.49. The maximum Gasteiger partial charge on any atom is 0.219 e. The van der Waals surface area contributed by atoms with Crippen LogP contribution in [0.4, 0.5) is 17.3 Å². The molecule has 0 bridgehead atoms. The van der Waals surface area contributed by atoms with E-state index in [0.717, 1.165) is 73.2 Å². The molecule has 0 radical (unpaired) electrons. The number of carbonyl (C=O) groups is 1. The first-order valence-corrected chi connectivity index (χ1v) is 9.62. The van der Waals surface area contributed by atoms with E-state index in [0.29, 0.717) is 5.92 Å². The zero-order valence-corrected chi connectivity index (χ0v) is 15.7. The molecule has 5 rings (SSSR count). The Morgan fingerprint density at radius 2 is 1.96 bits per heavy atom. The summed E-state index contributed by atoms with van der Waals surface area (Å²) in [6.07, 6.45) is 5.84. The van der Waals surface area contributed by atoms with Crippen LogP contribution < -0.4 is 10.2 Å². The molecule has 28 heavy (non-hydrogen) atoms. The van der Waals surface area contributed by atoms with E-state index >= 15 is 0 Å². The third kappa shape index (κ3) is 3.23. The summed E-state index contributed by atoms with van der Waals surface area (Å²) in [6, 6.07) is 4.00. The Kier molecular flexibility index (Phi) is 4.07. The van der Waals surface area contributed by atoms with Crippen LogP contribution in [0.3, 0.4) is 0 Å². The number of pyridine rings is 1. The highest BCUT2D eigenvalue weighted by molar-refractivity contribution is 5.86. The Labute approximate surface area is 162 Å². The Hall–Kier alpha value is -3.23. The minimum Gasteiger partial charge on any atom is -0.353 e. The van der Waals surface area contributed by atoms with Crippen molar-refractivity contribution in [2.45, 2.75) is 25.7 Å². The van der Waals surface area contributed by atoms with Crippen LogP contribution >= 0.6 is 0 Å². The molecule has 0 spiro atoms. The SMILES string of the molecule is CC(=O)N1CCN(c2ccc(Nc3nc(C4CC4)nc4cn[nH]c34)cn2)CC1. The first-order chi connectivity index (χ1) is 13.7. The van der Waals surface area contributed by atoms with Crippen LogP contribution in [0.15, 0.2) is 24.5 Å². The number of aromatic amines is 1. The quantitative estimate of drug-likeness (QED) is 0.716. The number of fused-ring (bicyclic) bond motifs is 1. The second-order valence-electron chi connectivity index (χ2n) is 7.36. The van der Waals surface area contributed by atoms with Crippen LogP contribution in [-0.4, -0.2) is 62.1 Å². The van der Waals surface area contributed by atoms with Gasteiger partial charge in [0, 0.05) is 39.0 Å². The summed E-state index contributed by atoms with van der Waals surface area (Å²) >= 11 is 0. The maximum absolute atomic E-state index is 11.5. The summed E-state index contributed by atoms with van der Waals surface area (Å²) in [4.78, 5) is 29.4. The molecule has 9 nitrogen and oxygen atoms in total. The smallest absolute Gasteiger partial charge is 0.219 e. The molecule has 144 valence electrons. The summed E-state index contributed by atoms with van der Waals surface area (Å²) in [7, 11) is 0. The number of amides is 1. The topological polar surface area (TPSA) is 103 Å². The highest BCUT2D eigenvalue weighted by Gasteiger charge is 2.28. The number of hydrogen-bond donors (Lipinski definition) is 2. The van der Waals surface area contributed by atoms with Gasteiger partial charge in [-0.2, -0.15) is 5.10 Å². The second-order valence-corrected chi connectivity index (χ2v) is 7.36. The van der Waals surface area contributed by atoms with Crippen molar-refractivity contribution in [3.8, 4) is 0 Å². The Balaban J connectivity index is 1.32. The number of aromatic nitrogens is 5. The van der Waals surface area contributed by atoms with Gasteiger partial charge in [-0.3, -0.25) is 9.89 Å². The predicted molar refractivity (Wildman–Crippen MR) is 106 cm³/mol. The molecule has 3 aromatic heterocycles. The van der Waals surface area contributed by atoms with Crippen molar-refractivity contribution in [2.24, 2.45) is 0 Å². The van der Waals surface area contributed by atoms with Gasteiger partial charge in [0.05, 0.1) is 18.1 Å². The Bertz CT molecular complexity index is 1000. The molecule has 3 aromatic rings. The molecule has 1 amide bonds. The van der Waals surface area contributed by atoms with Gasteiger partial charge in [-0.1, -0.05) is 0 Å². The van der Waals surface area contributed by atoms with E-state index in [1.54, 1.807) is 13.1 Å². The van der Waals surface area contributed by atoms with Crippen LogP contribution in [-0.2, 0) is 4.79 Å². The molecule has 0 aromatic carbocycles. The maximum atomic E-state index is 11.5. The number of piperazine rings is 1. The van der Waals surface area contributed by atoms with Crippen molar-refractivity contribution in [2.75, 3.05) is 36.4 Å². The van der Waals surface area contributed by atoms with Gasteiger partial charge < -0.3 is 15.1 Å². The predicted octanol–water partition coefficient (Wildman–Crippen LogP) is 2.04. The molecular weight excluding hydrogens is 356 g/mol. The van der Waals surface area contributed by atoms with Crippen LogP contribution in [0.1, 0.15) is 31.5 Å². The third-order valence-electron chi connectivity index (χ3n) is 5.32. The summed E-state index contributed by atoms with van der Waals surface area (Å²) in [5, 5.41) is 10.4. The lowest BCUT2D eigenvalue weighted by Gasteiger charge is -2.34. The van der Waals surface area contributed by atoms with Gasteiger partial charge in [0.1, 0.15) is 22.7 Å². The third-order valence-corrected chi connectivity index (χ3v) is 5.32. The minimum absolute atomic E-state index is 0.132. The molecule has 4 heterocycles. The fourth-order valence-electron chi connectivity index (χ4n) is 3.51. The summed E-state index contributed by atoms with van der Waals surface area (Å²) < 4.78 is 0. The average molecular weight is 378 g/mol. The molecule has 2 N–H and O–H groups in total. The molecule has 2 aliphatic rings. The van der Waals surface area contributed by atoms with Crippen LogP contribution in [0.5, 0.6) is 0 Å². The van der Waals surface area contributed by atoms with E-state index in [1.165, 1.54) is 0 Å². The number of anilines is 3. The zero-order chi connectivity index (χ0) is 19.1. The molecule has 1 aliphatic heterocycles. The largest absolute Gasteiger partial charge is 0.353 e. The van der Waals surface area contributed by atoms with Gasteiger partial charge in [0.15, 0.2) is 5.82 Å². The molecule has 1 aliphatic carbocycles. The van der Waals surface area contributed by atoms with Gasteiger partial charge in [-0.05, 0) is 25.0 Å². The van der Waals surface area contributed by atoms with Crippen molar-refractivity contribution in [3.05, 3.63) is 30.4 Å². The number of carbonyl (C=O) groups excluding carboxylic acids is 1. The lowest BCUT2D eigenvalue weighted by Crippen LogP contribution is -2.48. The monoisotopic (exact) mass is 378 g/mol. The fourth-order valence-corrected chi connectivity index (χ4v) is 3.51. The summed E-state index contributed by atoms with van der Waals surface area (Å²) in [5.74, 6) is 3.13. The number of rotatable bonds is 4. The standard InChI is InChI=1S/C19H22N8O/c1-12(28)26-6-8-27(9-7-26)16-5-4-14(10-20-16)22-19-17-15(11-21-25-17)23-18(24-19)13-2-3-13/h4-5,10-11,13H,2-3,6-9H2,1H3,(H,21,25)(H,22,23,24). The van der Waals surface area contributed by atoms with Gasteiger partial charge in [-0.15, -0.1) is 0 Å². The second kappa shape index (κ2) is 6.74. The first-order valence-electron chi connectivity index (χ1n) is 9.62. The molecule has 1 saturated heterocycles. The van der Waals surface area contributed by atoms with Crippen molar-refractivity contribution < 1.29 is 4.79 Å². The number of nitrogens with zero attached hydrogens (tertiary/aromatic N) is 6. The lowest BCUT2D eigenvalue weighted by molar-refractivity contribution is -0.129. The molecule has 0 atom stereocenters. The van der Waals surface area contributed by atoms with Crippen LogP contribution in [0.25, 0.3) is 11.0 Å². The highest BCUT2D eigenvalue weighted by atomic mass is 16.2. The Morgan fingerprint density at radius 3 is 2.64 bits per heavy atom. The van der Waals surface area contributed by atoms with E-state index in [-0.39, 0.29) is 5.91 Å². The van der Waals surface area contributed by atoms with E-state index in [2.05, 4.69) is 30.4 Å². The minimum atomic E-state index is 0.132. The zero-order valence-electron chi connectivity index (χ0n) is 15.7. The first kappa shape index (κ1) is 16.9. The van der Waals surface area contributed by atoms with Crippen molar-refractivity contribution in [3.63, 3.8) is 0 Å². The van der Waals surface area contributed by atoms with Gasteiger partial charge in [0.2, 0.25) is 5.91 Å². The summed E-state index contributed by atoms with van der Waals surface area (Å²) in [6.45, 7) is 4.68. The molecule has 2 fully saturated rings. The molecule has 1 saturated carbocycles. The van der Waals surface area contributed by atoms with Crippen molar-refractivity contribution in [1.29, 1.82) is 0 Å². The normalized spacial score (nSPS) is 17.2. The average Bonchev–Trinajstić information content (AvgIpc) is 3.46. The van der Waals surface area contributed by atoms with Gasteiger partial charge in [-0.25, -0.2) is 15.0 Å². The molecule has 0 unspecified atom stereocenters. The van der Waals surface area contributed by atoms with Gasteiger partial charge >= 0.3 is 0 Å². The molecule has 9 heteroatoms. The molecular formula is C19H22N8O. The van der Waals surface area contributed by atoms with E-state index in [4.69, 9.17) is 4.98 Å². The Morgan fingerprint density at radius 1 is 1.14 bits per heavy atom. The van der Waals surface area contributed by atoms with Crippen molar-refractivity contribution >= 4 is 34.3 Å². The number of nitrogens with one attached hydrogen (secondary N) is 2. The van der Waals surface area contributed by atoms with Gasteiger partial charge in [0.25, 0.3) is 0 Å². The number of H-pyrrole nitrogens is 1. The van der Waals surface area contributed by atoms with Crippen LogP contribution in [0, 0.1) is 0 Å². The van der Waals surface area contributed by atoms with E-state index < -0.39 is 0 Å². The fraction of sp³-hybridized carbons (Fsp3) is 0.421. The lowest BCUT2D eigenvalue weighted by atomic mass is 10.3. The van der Waals surface area contributed by atoms with E-state index in [9.17, 15) is 4.79 Å².